The second kappa shape index (κ2) is 8.32. The summed E-state index contributed by atoms with van der Waals surface area (Å²) in [5, 5.41) is 10.2. The van der Waals surface area contributed by atoms with Crippen molar-refractivity contribution >= 4 is 33.3 Å². The highest BCUT2D eigenvalue weighted by Gasteiger charge is 2.28. The van der Waals surface area contributed by atoms with Crippen molar-refractivity contribution < 1.29 is 13.2 Å². The number of aromatic amines is 1. The predicted molar refractivity (Wildman–Crippen MR) is 114 cm³/mol. The standard InChI is InChI=1S/C20H20N4O3S2/c25-20(18-15-17(21-22-18)19-7-4-13-28-19)23-9-11-24(12-10-23)29(26,27)14-8-16-5-2-1-3-6-16/h1-8,13-15H,9-12H2,(H,21,22)/b14-8+. The van der Waals surface area contributed by atoms with Crippen LogP contribution < -0.4 is 0 Å². The fourth-order valence-electron chi connectivity index (χ4n) is 3.11. The summed E-state index contributed by atoms with van der Waals surface area (Å²) in [7, 11) is -3.53. The Morgan fingerprint density at radius 3 is 2.52 bits per heavy atom. The van der Waals surface area contributed by atoms with Gasteiger partial charge in [-0.15, -0.1) is 11.3 Å². The van der Waals surface area contributed by atoms with Crippen LogP contribution in [0.1, 0.15) is 16.1 Å². The molecule has 0 aliphatic carbocycles. The van der Waals surface area contributed by atoms with Crippen molar-refractivity contribution in [1.82, 2.24) is 19.4 Å². The lowest BCUT2D eigenvalue weighted by Gasteiger charge is -2.32. The zero-order chi connectivity index (χ0) is 20.3. The Morgan fingerprint density at radius 2 is 1.83 bits per heavy atom. The molecule has 4 rings (SSSR count). The first-order chi connectivity index (χ1) is 14.0. The van der Waals surface area contributed by atoms with Gasteiger partial charge in [0.15, 0.2) is 5.69 Å². The Kier molecular flexibility index (Phi) is 5.61. The van der Waals surface area contributed by atoms with Gasteiger partial charge in [-0.25, -0.2) is 8.42 Å². The lowest BCUT2D eigenvalue weighted by Crippen LogP contribution is -2.50. The number of H-pyrrole nitrogens is 1. The van der Waals surface area contributed by atoms with Gasteiger partial charge < -0.3 is 4.90 Å². The number of nitrogens with zero attached hydrogens (tertiary/aromatic N) is 3. The molecule has 1 aliphatic rings. The van der Waals surface area contributed by atoms with Crippen LogP contribution in [-0.2, 0) is 10.0 Å². The van der Waals surface area contributed by atoms with E-state index in [1.807, 2.05) is 47.8 Å². The number of hydrogen-bond acceptors (Lipinski definition) is 5. The van der Waals surface area contributed by atoms with Gasteiger partial charge in [0, 0.05) is 31.6 Å². The SMILES string of the molecule is O=C(c1cc(-c2cccs2)[nH]n1)N1CCN(S(=O)(=O)/C=C/c2ccccc2)CC1. The second-order valence-electron chi connectivity index (χ2n) is 6.59. The maximum Gasteiger partial charge on any atom is 0.274 e. The molecule has 3 heterocycles. The molecule has 1 fully saturated rings. The molecular weight excluding hydrogens is 408 g/mol. The van der Waals surface area contributed by atoms with E-state index in [-0.39, 0.29) is 19.0 Å². The molecule has 1 N–H and O–H groups in total. The van der Waals surface area contributed by atoms with E-state index < -0.39 is 10.0 Å². The first-order valence-electron chi connectivity index (χ1n) is 9.15. The molecule has 0 unspecified atom stereocenters. The number of sulfonamides is 1. The highest BCUT2D eigenvalue weighted by molar-refractivity contribution is 7.92. The summed E-state index contributed by atoms with van der Waals surface area (Å²) in [6.45, 7) is 1.18. The number of benzene rings is 1. The summed E-state index contributed by atoms with van der Waals surface area (Å²) in [6, 6.07) is 14.9. The lowest BCUT2D eigenvalue weighted by atomic mass is 10.2. The highest BCUT2D eigenvalue weighted by Crippen LogP contribution is 2.23. The molecule has 0 radical (unpaired) electrons. The molecule has 0 saturated carbocycles. The summed E-state index contributed by atoms with van der Waals surface area (Å²) in [4.78, 5) is 15.4. The largest absolute Gasteiger partial charge is 0.335 e. The summed E-state index contributed by atoms with van der Waals surface area (Å²) >= 11 is 1.57. The average Bonchev–Trinajstić information content (AvgIpc) is 3.44. The average molecular weight is 429 g/mol. The quantitative estimate of drug-likeness (QED) is 0.677. The fourth-order valence-corrected chi connectivity index (χ4v) is 4.98. The van der Waals surface area contributed by atoms with E-state index in [2.05, 4.69) is 10.2 Å². The van der Waals surface area contributed by atoms with E-state index in [0.29, 0.717) is 18.8 Å². The molecule has 1 saturated heterocycles. The molecule has 0 bridgehead atoms. The van der Waals surface area contributed by atoms with Crippen LogP contribution in [0.3, 0.4) is 0 Å². The maximum atomic E-state index is 12.7. The second-order valence-corrected chi connectivity index (χ2v) is 9.36. The number of thiophene rings is 1. The third kappa shape index (κ3) is 4.47. The number of hydrogen-bond donors (Lipinski definition) is 1. The van der Waals surface area contributed by atoms with Gasteiger partial charge in [0.2, 0.25) is 10.0 Å². The normalized spacial score (nSPS) is 15.8. The van der Waals surface area contributed by atoms with Gasteiger partial charge in [-0.05, 0) is 29.2 Å². The topological polar surface area (TPSA) is 86.4 Å². The van der Waals surface area contributed by atoms with Crippen LogP contribution in [0.25, 0.3) is 16.6 Å². The molecule has 1 aliphatic heterocycles. The zero-order valence-electron chi connectivity index (χ0n) is 15.6. The third-order valence-electron chi connectivity index (χ3n) is 4.70. The smallest absolute Gasteiger partial charge is 0.274 e. The molecule has 2 aromatic heterocycles. The monoisotopic (exact) mass is 428 g/mol. The molecule has 3 aromatic rings. The Bertz CT molecular complexity index is 1100. The van der Waals surface area contributed by atoms with Crippen molar-refractivity contribution in [2.24, 2.45) is 0 Å². The molecule has 150 valence electrons. The van der Waals surface area contributed by atoms with E-state index >= 15 is 0 Å². The van der Waals surface area contributed by atoms with Gasteiger partial charge in [-0.1, -0.05) is 36.4 Å². The van der Waals surface area contributed by atoms with Crippen LogP contribution in [0, 0.1) is 0 Å². The highest BCUT2D eigenvalue weighted by atomic mass is 32.2. The number of carbonyl (C=O) groups excluding carboxylic acids is 1. The van der Waals surface area contributed by atoms with Gasteiger partial charge in [-0.3, -0.25) is 9.89 Å². The van der Waals surface area contributed by atoms with Gasteiger partial charge in [0.25, 0.3) is 5.91 Å². The van der Waals surface area contributed by atoms with E-state index in [4.69, 9.17) is 0 Å². The molecular formula is C20H20N4O3S2. The molecule has 1 amide bonds. The van der Waals surface area contributed by atoms with Crippen LogP contribution in [0.5, 0.6) is 0 Å². The Hall–Kier alpha value is -2.75. The summed E-state index contributed by atoms with van der Waals surface area (Å²) in [5.74, 6) is -0.194. The Morgan fingerprint density at radius 1 is 1.07 bits per heavy atom. The minimum Gasteiger partial charge on any atom is -0.335 e. The molecule has 7 nitrogen and oxygen atoms in total. The summed E-state index contributed by atoms with van der Waals surface area (Å²) in [5.41, 5.74) is 1.97. The van der Waals surface area contributed by atoms with Gasteiger partial charge >= 0.3 is 0 Å². The van der Waals surface area contributed by atoms with Gasteiger partial charge in [0.05, 0.1) is 10.6 Å². The molecule has 0 atom stereocenters. The lowest BCUT2D eigenvalue weighted by molar-refractivity contribution is 0.0692. The predicted octanol–water partition coefficient (Wildman–Crippen LogP) is 2.90. The van der Waals surface area contributed by atoms with Crippen molar-refractivity contribution in [3.8, 4) is 10.6 Å². The van der Waals surface area contributed by atoms with Crippen LogP contribution in [0.15, 0.2) is 59.3 Å². The van der Waals surface area contributed by atoms with E-state index in [9.17, 15) is 13.2 Å². The van der Waals surface area contributed by atoms with Crippen molar-refractivity contribution in [1.29, 1.82) is 0 Å². The van der Waals surface area contributed by atoms with Crippen molar-refractivity contribution in [3.63, 3.8) is 0 Å². The number of aromatic nitrogens is 2. The Labute approximate surface area is 173 Å². The maximum absolute atomic E-state index is 12.7. The van der Waals surface area contributed by atoms with E-state index in [1.54, 1.807) is 28.4 Å². The first-order valence-corrected chi connectivity index (χ1v) is 11.5. The van der Waals surface area contributed by atoms with Crippen LogP contribution in [-0.4, -0.2) is 59.9 Å². The van der Waals surface area contributed by atoms with Crippen LogP contribution >= 0.6 is 11.3 Å². The number of carbonyl (C=O) groups is 1. The molecule has 1 aromatic carbocycles. The number of piperazine rings is 1. The Balaban J connectivity index is 1.37. The molecule has 0 spiro atoms. The zero-order valence-corrected chi connectivity index (χ0v) is 17.2. The van der Waals surface area contributed by atoms with Crippen molar-refractivity contribution in [3.05, 3.63) is 70.6 Å². The van der Waals surface area contributed by atoms with Crippen LogP contribution in [0.2, 0.25) is 0 Å². The molecule has 9 heteroatoms. The third-order valence-corrected chi connectivity index (χ3v) is 7.17. The number of rotatable bonds is 5. The minimum absolute atomic E-state index is 0.194. The van der Waals surface area contributed by atoms with E-state index in [1.165, 1.54) is 9.71 Å². The first kappa shape index (κ1) is 19.6. The fraction of sp³-hybridized carbons (Fsp3) is 0.200. The molecule has 29 heavy (non-hydrogen) atoms. The summed E-state index contributed by atoms with van der Waals surface area (Å²) < 4.78 is 26.5. The van der Waals surface area contributed by atoms with Gasteiger partial charge in [0.1, 0.15) is 0 Å². The number of amides is 1. The van der Waals surface area contributed by atoms with Crippen molar-refractivity contribution in [2.75, 3.05) is 26.2 Å². The van der Waals surface area contributed by atoms with Crippen molar-refractivity contribution in [2.45, 2.75) is 0 Å². The van der Waals surface area contributed by atoms with Crippen LogP contribution in [0.4, 0.5) is 0 Å². The summed E-state index contributed by atoms with van der Waals surface area (Å²) in [6.07, 6.45) is 1.59. The minimum atomic E-state index is -3.53. The number of nitrogens with one attached hydrogen (secondary N) is 1. The van der Waals surface area contributed by atoms with Gasteiger partial charge in [-0.2, -0.15) is 9.40 Å². The van der Waals surface area contributed by atoms with E-state index in [0.717, 1.165) is 16.1 Å².